The summed E-state index contributed by atoms with van der Waals surface area (Å²) in [6, 6.07) is -0.541. The van der Waals surface area contributed by atoms with Crippen molar-refractivity contribution in [3.8, 4) is 0 Å². The normalized spacial score (nSPS) is 31.0. The van der Waals surface area contributed by atoms with Crippen molar-refractivity contribution in [1.29, 1.82) is 0 Å². The molecule has 0 aliphatic carbocycles. The highest BCUT2D eigenvalue weighted by Gasteiger charge is 2.62. The third-order valence-corrected chi connectivity index (χ3v) is 7.56. The van der Waals surface area contributed by atoms with Gasteiger partial charge in [-0.15, -0.1) is 0 Å². The molecule has 0 spiro atoms. The summed E-state index contributed by atoms with van der Waals surface area (Å²) in [5, 5.41) is 2.53. The lowest BCUT2D eigenvalue weighted by Crippen LogP contribution is -2.42. The summed E-state index contributed by atoms with van der Waals surface area (Å²) in [7, 11) is -1.24. The number of carbonyl (C=O) groups is 2. The molecule has 0 aromatic rings. The van der Waals surface area contributed by atoms with E-state index in [1.165, 1.54) is 7.11 Å². The van der Waals surface area contributed by atoms with E-state index in [2.05, 4.69) is 5.32 Å². The molecule has 0 radical (unpaired) electrons. The highest BCUT2D eigenvalue weighted by atomic mass is 31.2. The Kier molecular flexibility index (Phi) is 4.59. The van der Waals surface area contributed by atoms with E-state index in [-0.39, 0.29) is 11.9 Å². The second-order valence-corrected chi connectivity index (χ2v) is 11.4. The van der Waals surface area contributed by atoms with Gasteiger partial charge in [0.15, 0.2) is 0 Å². The zero-order valence-electron chi connectivity index (χ0n) is 14.7. The maximum atomic E-state index is 13.0. The second-order valence-electron chi connectivity index (χ2n) is 7.80. The van der Waals surface area contributed by atoms with Gasteiger partial charge in [0.25, 0.3) is 0 Å². The van der Waals surface area contributed by atoms with Crippen molar-refractivity contribution in [3.05, 3.63) is 0 Å². The number of amides is 1. The smallest absolute Gasteiger partial charge is 0.410 e. The van der Waals surface area contributed by atoms with E-state index in [0.29, 0.717) is 19.6 Å². The molecule has 3 atom stereocenters. The third-order valence-electron chi connectivity index (χ3n) is 4.78. The number of carbonyl (C=O) groups excluding carboxylic acids is 2. The number of nitrogens with one attached hydrogen (secondary N) is 1. The van der Waals surface area contributed by atoms with Gasteiger partial charge in [0.05, 0.1) is 19.4 Å². The average molecular weight is 346 g/mol. The van der Waals surface area contributed by atoms with Gasteiger partial charge in [-0.3, -0.25) is 4.79 Å². The topological polar surface area (TPSA) is 84.9 Å². The number of rotatable bonds is 2. The summed E-state index contributed by atoms with van der Waals surface area (Å²) in [5.41, 5.74) is -0.593. The fourth-order valence-electron chi connectivity index (χ4n) is 3.55. The van der Waals surface area contributed by atoms with Crippen LogP contribution in [-0.4, -0.2) is 73.8 Å². The molecule has 0 saturated carbocycles. The molecule has 0 aromatic heterocycles. The van der Waals surface area contributed by atoms with Gasteiger partial charge in [0, 0.05) is 25.6 Å². The number of hydrogen-bond acceptors (Lipinski definition) is 6. The first-order valence-corrected chi connectivity index (χ1v) is 10.4. The van der Waals surface area contributed by atoms with Crippen LogP contribution in [0.5, 0.6) is 0 Å². The number of esters is 1. The molecule has 7 nitrogen and oxygen atoms in total. The Morgan fingerprint density at radius 3 is 2.39 bits per heavy atom. The molecule has 2 saturated heterocycles. The van der Waals surface area contributed by atoms with Gasteiger partial charge < -0.3 is 24.3 Å². The number of methoxy groups -OCH3 is 1. The Labute approximate surface area is 137 Å². The van der Waals surface area contributed by atoms with Gasteiger partial charge in [0.1, 0.15) is 11.6 Å². The van der Waals surface area contributed by atoms with Crippen LogP contribution in [0.1, 0.15) is 20.8 Å². The van der Waals surface area contributed by atoms with Crippen LogP contribution in [0.2, 0.25) is 0 Å². The average Bonchev–Trinajstić information content (AvgIpc) is 2.91. The molecule has 132 valence electrons. The van der Waals surface area contributed by atoms with Gasteiger partial charge in [0.2, 0.25) is 0 Å². The molecular weight excluding hydrogens is 319 g/mol. The Morgan fingerprint density at radius 2 is 1.91 bits per heavy atom. The fraction of sp³-hybridized carbons (Fsp3) is 0.867. The third kappa shape index (κ3) is 3.26. The number of ether oxygens (including phenoxy) is 2. The van der Waals surface area contributed by atoms with Crippen LogP contribution in [0.4, 0.5) is 4.79 Å². The minimum Gasteiger partial charge on any atom is -0.468 e. The molecule has 2 aliphatic rings. The Bertz CT molecular complexity index is 553. The van der Waals surface area contributed by atoms with Crippen molar-refractivity contribution in [1.82, 2.24) is 10.2 Å². The van der Waals surface area contributed by atoms with Crippen LogP contribution in [0.3, 0.4) is 0 Å². The lowest BCUT2D eigenvalue weighted by molar-refractivity contribution is -0.143. The molecular formula is C15H27N2O5P. The molecule has 2 heterocycles. The lowest BCUT2D eigenvalue weighted by Gasteiger charge is -2.33. The minimum absolute atomic E-state index is 0.233. The number of nitrogens with zero attached hydrogens (tertiary/aromatic N) is 1. The zero-order valence-corrected chi connectivity index (χ0v) is 15.6. The Balaban J connectivity index is 2.28. The number of likely N-dealkylation sites (tertiary alicyclic amines) is 1. The minimum atomic E-state index is -2.57. The van der Waals surface area contributed by atoms with Crippen molar-refractivity contribution >= 4 is 19.2 Å². The van der Waals surface area contributed by atoms with Crippen LogP contribution < -0.4 is 5.32 Å². The monoisotopic (exact) mass is 346 g/mol. The Morgan fingerprint density at radius 1 is 1.30 bits per heavy atom. The van der Waals surface area contributed by atoms with Gasteiger partial charge in [-0.25, -0.2) is 4.79 Å². The van der Waals surface area contributed by atoms with Crippen LogP contribution in [0.15, 0.2) is 0 Å². The first kappa shape index (κ1) is 18.3. The first-order valence-electron chi connectivity index (χ1n) is 7.75. The van der Waals surface area contributed by atoms with Crippen LogP contribution in [-0.2, 0) is 18.8 Å². The first-order chi connectivity index (χ1) is 10.4. The summed E-state index contributed by atoms with van der Waals surface area (Å²) in [5.74, 6) is -0.611. The highest BCUT2D eigenvalue weighted by Crippen LogP contribution is 2.60. The molecule has 0 aromatic carbocycles. The summed E-state index contributed by atoms with van der Waals surface area (Å²) in [6.07, 6.45) is -0.427. The van der Waals surface area contributed by atoms with Crippen molar-refractivity contribution in [2.24, 2.45) is 5.92 Å². The highest BCUT2D eigenvalue weighted by molar-refractivity contribution is 7.64. The van der Waals surface area contributed by atoms with Crippen molar-refractivity contribution in [2.75, 3.05) is 40.1 Å². The molecule has 2 rings (SSSR count). The SMILES string of the molecule is COC(=O)C1NCC2(P(C)(C)=O)CN(C(=O)OC(C)(C)C)CC12. The van der Waals surface area contributed by atoms with E-state index < -0.39 is 30.0 Å². The van der Waals surface area contributed by atoms with Gasteiger partial charge in [-0.05, 0) is 34.1 Å². The molecule has 2 fully saturated rings. The summed E-state index contributed by atoms with van der Waals surface area (Å²) >= 11 is 0. The quantitative estimate of drug-likeness (QED) is 0.600. The largest absolute Gasteiger partial charge is 0.468 e. The second kappa shape index (κ2) is 5.78. The molecule has 2 aliphatic heterocycles. The van der Waals surface area contributed by atoms with Gasteiger partial charge in [-0.1, -0.05) is 0 Å². The standard InChI is InChI=1S/C15H27N2O5P/c1-14(2,3)22-13(19)17-7-10-11(12(18)21-4)16-8-15(10,9-17)23(5,6)20/h10-11,16H,7-9H2,1-6H3. The lowest BCUT2D eigenvalue weighted by atomic mass is 9.93. The Hall–Kier alpha value is -1.07. The van der Waals surface area contributed by atoms with Crippen molar-refractivity contribution < 1.29 is 23.6 Å². The summed E-state index contributed by atoms with van der Waals surface area (Å²) < 4.78 is 23.2. The van der Waals surface area contributed by atoms with E-state index in [1.54, 1.807) is 39.0 Å². The van der Waals surface area contributed by atoms with Crippen LogP contribution >= 0.6 is 7.14 Å². The van der Waals surface area contributed by atoms with E-state index in [1.807, 2.05) is 0 Å². The van der Waals surface area contributed by atoms with E-state index >= 15 is 0 Å². The van der Waals surface area contributed by atoms with Gasteiger partial charge >= 0.3 is 12.1 Å². The number of hydrogen-bond donors (Lipinski definition) is 1. The van der Waals surface area contributed by atoms with Crippen molar-refractivity contribution in [2.45, 2.75) is 37.6 Å². The molecule has 1 amide bonds. The number of fused-ring (bicyclic) bond motifs is 1. The molecule has 1 N–H and O–H groups in total. The predicted molar refractivity (Wildman–Crippen MR) is 87.3 cm³/mol. The summed E-state index contributed by atoms with van der Waals surface area (Å²) in [4.78, 5) is 26.0. The van der Waals surface area contributed by atoms with Crippen LogP contribution in [0.25, 0.3) is 0 Å². The van der Waals surface area contributed by atoms with Crippen LogP contribution in [0, 0.1) is 5.92 Å². The maximum absolute atomic E-state index is 13.0. The molecule has 8 heteroatoms. The van der Waals surface area contributed by atoms with E-state index in [4.69, 9.17) is 9.47 Å². The van der Waals surface area contributed by atoms with E-state index in [0.717, 1.165) is 0 Å². The molecule has 0 bridgehead atoms. The van der Waals surface area contributed by atoms with Crippen molar-refractivity contribution in [3.63, 3.8) is 0 Å². The van der Waals surface area contributed by atoms with E-state index in [9.17, 15) is 14.2 Å². The molecule has 23 heavy (non-hydrogen) atoms. The summed E-state index contributed by atoms with van der Waals surface area (Å²) in [6.45, 7) is 9.97. The maximum Gasteiger partial charge on any atom is 0.410 e. The molecule has 3 unspecified atom stereocenters. The van der Waals surface area contributed by atoms with Gasteiger partial charge in [-0.2, -0.15) is 0 Å². The fourth-order valence-corrected chi connectivity index (χ4v) is 5.56. The predicted octanol–water partition coefficient (Wildman–Crippen LogP) is 1.36. The zero-order chi connectivity index (χ0) is 17.6.